The maximum atomic E-state index is 12.0. The van der Waals surface area contributed by atoms with Crippen LogP contribution < -0.4 is 54.5 Å². The van der Waals surface area contributed by atoms with Gasteiger partial charge < -0.3 is 59.4 Å². The molecule has 0 aromatic heterocycles. The summed E-state index contributed by atoms with van der Waals surface area (Å²) < 4.78 is 0. The third kappa shape index (κ3) is 5.44. The van der Waals surface area contributed by atoms with E-state index in [0.29, 0.717) is 0 Å². The maximum Gasteiger partial charge on any atom is 4.00 e. The first-order valence-electron chi connectivity index (χ1n) is 8.30. The smallest absolute Gasteiger partial charge is 1.00 e. The molecule has 4 nitrogen and oxygen atoms in total. The summed E-state index contributed by atoms with van der Waals surface area (Å²) in [5.41, 5.74) is 3.04. The van der Waals surface area contributed by atoms with Gasteiger partial charge >= 0.3 is 20.1 Å². The van der Waals surface area contributed by atoms with Crippen molar-refractivity contribution in [2.24, 2.45) is 0 Å². The second-order valence-corrected chi connectivity index (χ2v) is 6.78. The molecular formula is C19H24Cl4IrN2O2. The summed E-state index contributed by atoms with van der Waals surface area (Å²) in [6.07, 6.45) is 9.76. The first-order chi connectivity index (χ1) is 11.0. The number of nitrogens with zero attached hydrogens (tertiary/aromatic N) is 2. The molecule has 1 aliphatic heterocycles. The number of hydrogen-bond donors (Lipinski definition) is 0. The van der Waals surface area contributed by atoms with E-state index in [1.54, 1.807) is 0 Å². The van der Waals surface area contributed by atoms with Gasteiger partial charge in [-0.15, -0.1) is 0 Å². The fraction of sp³-hybridized carbons (Fsp3) is 0.474. The zero-order valence-electron chi connectivity index (χ0n) is 15.9. The van der Waals surface area contributed by atoms with E-state index in [0.717, 1.165) is 55.1 Å². The third-order valence-electron chi connectivity index (χ3n) is 5.12. The van der Waals surface area contributed by atoms with Crippen molar-refractivity contribution in [1.29, 1.82) is 0 Å². The minimum Gasteiger partial charge on any atom is -1.00 e. The summed E-state index contributed by atoms with van der Waals surface area (Å²) in [4.78, 5) is 27.9. The van der Waals surface area contributed by atoms with Crippen molar-refractivity contribution in [1.82, 2.24) is 4.90 Å². The van der Waals surface area contributed by atoms with Gasteiger partial charge in [-0.1, -0.05) is 30.5 Å². The van der Waals surface area contributed by atoms with Crippen molar-refractivity contribution < 1.29 is 79.3 Å². The molecule has 0 spiro atoms. The number of aldehydes is 2. The monoisotopic (exact) mass is 645 g/mol. The molecule has 0 unspecified atom stereocenters. The molecule has 1 radical (unpaired) electrons. The molecule has 1 saturated carbocycles. The Labute approximate surface area is 205 Å². The summed E-state index contributed by atoms with van der Waals surface area (Å²) in [6, 6.07) is 4.45. The van der Waals surface area contributed by atoms with Crippen LogP contribution in [0.25, 0.3) is 0 Å². The minimum absolute atomic E-state index is 0. The summed E-state index contributed by atoms with van der Waals surface area (Å²) in [5.74, 6) is 0. The van der Waals surface area contributed by atoms with Gasteiger partial charge in [-0.2, -0.15) is 0 Å². The molecule has 28 heavy (non-hydrogen) atoms. The molecule has 0 N–H and O–H groups in total. The number of hydrogen-bond acceptors (Lipinski definition) is 4. The van der Waals surface area contributed by atoms with Crippen LogP contribution in [-0.4, -0.2) is 29.2 Å². The van der Waals surface area contributed by atoms with Crippen LogP contribution in [0, 0.1) is 20.8 Å². The average molecular weight is 646 g/mol. The van der Waals surface area contributed by atoms with Crippen molar-refractivity contribution >= 4 is 18.3 Å². The van der Waals surface area contributed by atoms with Gasteiger partial charge in [0.05, 0.1) is 0 Å². The molecule has 3 rings (SSSR count). The largest absolute Gasteiger partial charge is 4.00 e. The fourth-order valence-corrected chi connectivity index (χ4v) is 4.17. The Kier molecular flexibility index (Phi) is 15.1. The predicted molar refractivity (Wildman–Crippen MR) is 91.2 cm³/mol. The number of halogens is 4. The zero-order chi connectivity index (χ0) is 16.6. The van der Waals surface area contributed by atoms with Crippen LogP contribution in [0.15, 0.2) is 24.5 Å². The van der Waals surface area contributed by atoms with E-state index in [1.807, 2.05) is 36.0 Å². The molecule has 1 heterocycles. The van der Waals surface area contributed by atoms with E-state index in [9.17, 15) is 9.59 Å². The van der Waals surface area contributed by atoms with Crippen LogP contribution in [0.3, 0.4) is 0 Å². The average Bonchev–Trinajstić information content (AvgIpc) is 3.13. The summed E-state index contributed by atoms with van der Waals surface area (Å²) in [5, 5.41) is 0. The molecule has 0 bridgehead atoms. The summed E-state index contributed by atoms with van der Waals surface area (Å²) in [7, 11) is 0. The van der Waals surface area contributed by atoms with Crippen molar-refractivity contribution in [3.05, 3.63) is 41.2 Å². The molecule has 1 aromatic carbocycles. The standard InChI is InChI=1S/C19H24N2O2.4ClH.Ir/c1-14-10-15(2)18(16(3)11-14)21-9-8-20(17-6-4-5-7-17)19(21,12-22)13-23;;;;;/h8-13,17H,4-7H2,1-3H3;4*1H;/q;;;;;+4/p-4. The van der Waals surface area contributed by atoms with Crippen molar-refractivity contribution in [2.45, 2.75) is 58.2 Å². The van der Waals surface area contributed by atoms with Crippen LogP contribution >= 0.6 is 0 Å². The number of aryl methyl sites for hydroxylation is 3. The minimum atomic E-state index is -1.25. The van der Waals surface area contributed by atoms with Gasteiger partial charge in [-0.3, -0.25) is 9.59 Å². The number of carbonyl (C=O) groups excluding carboxylic acids is 2. The van der Waals surface area contributed by atoms with E-state index in [4.69, 9.17) is 0 Å². The van der Waals surface area contributed by atoms with Crippen molar-refractivity contribution in [3.8, 4) is 0 Å². The summed E-state index contributed by atoms with van der Waals surface area (Å²) >= 11 is 0. The Balaban J connectivity index is -0.00000125. The normalized spacial score (nSPS) is 16.7. The van der Waals surface area contributed by atoms with E-state index in [-0.39, 0.29) is 75.8 Å². The molecule has 0 saturated heterocycles. The Morgan fingerprint density at radius 1 is 0.893 bits per heavy atom. The van der Waals surface area contributed by atoms with Crippen molar-refractivity contribution in [2.75, 3.05) is 4.90 Å². The zero-order valence-corrected chi connectivity index (χ0v) is 21.3. The van der Waals surface area contributed by atoms with Crippen LogP contribution in [0.5, 0.6) is 0 Å². The van der Waals surface area contributed by atoms with Gasteiger partial charge in [0, 0.05) is 24.1 Å². The van der Waals surface area contributed by atoms with Gasteiger partial charge in [0.2, 0.25) is 5.66 Å². The molecule has 2 aliphatic rings. The Morgan fingerprint density at radius 2 is 1.36 bits per heavy atom. The maximum absolute atomic E-state index is 12.0. The molecular weight excluding hydrogens is 622 g/mol. The Hall–Kier alpha value is -0.291. The number of rotatable bonds is 4. The quantitative estimate of drug-likeness (QED) is 0.241. The van der Waals surface area contributed by atoms with Gasteiger partial charge in [0.1, 0.15) is 0 Å². The SMILES string of the molecule is Cc1cc(C)c(N2C=CN(C3CCCC3)C2(C=O)C=O)c(C)c1.[Cl-].[Cl-].[Cl-].[Cl-].[Ir+4]. The number of benzene rings is 1. The summed E-state index contributed by atoms with van der Waals surface area (Å²) in [6.45, 7) is 6.12. The molecule has 1 aromatic rings. The molecule has 1 fully saturated rings. The number of carbonyl (C=O) groups is 2. The van der Waals surface area contributed by atoms with Gasteiger partial charge in [0.25, 0.3) is 0 Å². The topological polar surface area (TPSA) is 40.6 Å². The second-order valence-electron chi connectivity index (χ2n) is 6.78. The van der Waals surface area contributed by atoms with E-state index in [2.05, 4.69) is 19.1 Å². The third-order valence-corrected chi connectivity index (χ3v) is 5.12. The van der Waals surface area contributed by atoms with E-state index >= 15 is 0 Å². The van der Waals surface area contributed by atoms with E-state index in [1.165, 1.54) is 5.56 Å². The second kappa shape index (κ2) is 13.1. The first kappa shape index (κ1) is 32.4. The molecule has 0 amide bonds. The molecule has 0 atom stereocenters. The Morgan fingerprint density at radius 3 is 1.79 bits per heavy atom. The van der Waals surface area contributed by atoms with Crippen LogP contribution in [0.4, 0.5) is 5.69 Å². The molecule has 159 valence electrons. The number of anilines is 1. The van der Waals surface area contributed by atoms with Gasteiger partial charge in [-0.05, 0) is 44.7 Å². The van der Waals surface area contributed by atoms with Crippen LogP contribution in [-0.2, 0) is 29.7 Å². The van der Waals surface area contributed by atoms with Gasteiger partial charge in [0.15, 0.2) is 12.6 Å². The molecule has 9 heteroatoms. The first-order valence-corrected chi connectivity index (χ1v) is 8.30. The predicted octanol–water partition coefficient (Wildman–Crippen LogP) is -8.74. The van der Waals surface area contributed by atoms with Crippen LogP contribution in [0.2, 0.25) is 0 Å². The van der Waals surface area contributed by atoms with Crippen LogP contribution in [0.1, 0.15) is 42.4 Å². The Bertz CT molecular complexity index is 651. The van der Waals surface area contributed by atoms with Gasteiger partial charge in [-0.25, -0.2) is 0 Å². The van der Waals surface area contributed by atoms with E-state index < -0.39 is 5.66 Å². The molecule has 1 aliphatic carbocycles. The fourth-order valence-electron chi connectivity index (χ4n) is 4.17. The van der Waals surface area contributed by atoms with Crippen molar-refractivity contribution in [3.63, 3.8) is 0 Å².